The van der Waals surface area contributed by atoms with Gasteiger partial charge in [-0.15, -0.1) is 0 Å². The van der Waals surface area contributed by atoms with Crippen molar-refractivity contribution in [3.8, 4) is 0 Å². The fourth-order valence-corrected chi connectivity index (χ4v) is 1.57. The van der Waals surface area contributed by atoms with E-state index in [4.69, 9.17) is 10.8 Å². The highest BCUT2D eigenvalue weighted by molar-refractivity contribution is 6.01. The fourth-order valence-electron chi connectivity index (χ4n) is 1.57. The van der Waals surface area contributed by atoms with Gasteiger partial charge in [0.05, 0.1) is 0 Å². The van der Waals surface area contributed by atoms with Crippen LogP contribution in [-0.4, -0.2) is 12.4 Å². The summed E-state index contributed by atoms with van der Waals surface area (Å²) in [5.74, 6) is 0. The summed E-state index contributed by atoms with van der Waals surface area (Å²) >= 11 is 0. The molecule has 0 saturated carbocycles. The van der Waals surface area contributed by atoms with Crippen molar-refractivity contribution in [3.05, 3.63) is 47.5 Å². The van der Waals surface area contributed by atoms with E-state index in [0.717, 1.165) is 21.9 Å². The van der Waals surface area contributed by atoms with Crippen LogP contribution in [0.2, 0.25) is 0 Å². The van der Waals surface area contributed by atoms with Gasteiger partial charge >= 0.3 is 0 Å². The summed E-state index contributed by atoms with van der Waals surface area (Å²) in [5.41, 5.74) is 1.70. The Labute approximate surface area is 82.2 Å². The maximum atomic E-state index is 7.30. The Balaban J connectivity index is 2.86. The van der Waals surface area contributed by atoms with Crippen LogP contribution in [0.1, 0.15) is 11.1 Å². The molecule has 2 heteroatoms. The average Bonchev–Trinajstić information content (AvgIpc) is 2.27. The van der Waals surface area contributed by atoms with Crippen LogP contribution < -0.4 is 0 Å². The minimum atomic E-state index is 0.835. The van der Waals surface area contributed by atoms with Gasteiger partial charge in [-0.05, 0) is 28.5 Å². The van der Waals surface area contributed by atoms with Crippen LogP contribution in [-0.2, 0) is 0 Å². The Hall–Kier alpha value is -1.96. The van der Waals surface area contributed by atoms with Gasteiger partial charge in [0.25, 0.3) is 0 Å². The minimum absolute atomic E-state index is 0.835. The van der Waals surface area contributed by atoms with Crippen molar-refractivity contribution in [2.75, 3.05) is 0 Å². The van der Waals surface area contributed by atoms with E-state index >= 15 is 0 Å². The Morgan fingerprint density at radius 1 is 0.929 bits per heavy atom. The van der Waals surface area contributed by atoms with Crippen LogP contribution in [0.4, 0.5) is 0 Å². The van der Waals surface area contributed by atoms with Gasteiger partial charge in [0.15, 0.2) is 0 Å². The van der Waals surface area contributed by atoms with Gasteiger partial charge in [-0.1, -0.05) is 24.3 Å². The second kappa shape index (κ2) is 3.42. The fraction of sp³-hybridized carbons (Fsp3) is 0. The van der Waals surface area contributed by atoms with Gasteiger partial charge in [0.1, 0.15) is 0 Å². The van der Waals surface area contributed by atoms with Crippen molar-refractivity contribution >= 4 is 23.2 Å². The highest BCUT2D eigenvalue weighted by Gasteiger charge is 1.99. The smallest absolute Gasteiger partial charge is 0.0256 e. The molecule has 0 unspecified atom stereocenters. The van der Waals surface area contributed by atoms with Gasteiger partial charge in [-0.3, -0.25) is 0 Å². The standard InChI is InChI=1S/C12H10N2/c13-7-9-5-10-3-1-2-4-12(10)11(6-9)8-14/h1-8,13-14H. The second-order valence-electron chi connectivity index (χ2n) is 3.12. The number of fused-ring (bicyclic) bond motifs is 1. The zero-order chi connectivity index (χ0) is 9.97. The molecule has 0 fully saturated rings. The van der Waals surface area contributed by atoms with Crippen LogP contribution in [0.15, 0.2) is 36.4 Å². The van der Waals surface area contributed by atoms with E-state index in [2.05, 4.69) is 0 Å². The van der Waals surface area contributed by atoms with E-state index in [1.165, 1.54) is 12.4 Å². The lowest BCUT2D eigenvalue weighted by atomic mass is 10.0. The molecule has 0 saturated heterocycles. The topological polar surface area (TPSA) is 47.7 Å². The third-order valence-corrected chi connectivity index (χ3v) is 2.24. The van der Waals surface area contributed by atoms with Crippen molar-refractivity contribution in [2.45, 2.75) is 0 Å². The van der Waals surface area contributed by atoms with Gasteiger partial charge in [-0.25, -0.2) is 0 Å². The van der Waals surface area contributed by atoms with Crippen molar-refractivity contribution in [3.63, 3.8) is 0 Å². The SMILES string of the molecule is N=Cc1cc(C=N)c2ccccc2c1. The van der Waals surface area contributed by atoms with E-state index in [-0.39, 0.29) is 0 Å². The lowest BCUT2D eigenvalue weighted by Crippen LogP contribution is -1.88. The molecule has 2 aromatic carbocycles. The lowest BCUT2D eigenvalue weighted by molar-refractivity contribution is 1.53. The molecule has 14 heavy (non-hydrogen) atoms. The maximum Gasteiger partial charge on any atom is 0.0256 e. The molecule has 0 heterocycles. The molecule has 0 bridgehead atoms. The van der Waals surface area contributed by atoms with E-state index < -0.39 is 0 Å². The van der Waals surface area contributed by atoms with Crippen molar-refractivity contribution < 1.29 is 0 Å². The van der Waals surface area contributed by atoms with Crippen molar-refractivity contribution in [1.29, 1.82) is 10.8 Å². The zero-order valence-corrected chi connectivity index (χ0v) is 7.62. The zero-order valence-electron chi connectivity index (χ0n) is 7.62. The first-order chi connectivity index (χ1) is 6.85. The first-order valence-electron chi connectivity index (χ1n) is 4.39. The molecule has 2 N–H and O–H groups in total. The molecular formula is C12H10N2. The summed E-state index contributed by atoms with van der Waals surface area (Å²) in [4.78, 5) is 0. The lowest BCUT2D eigenvalue weighted by Gasteiger charge is -2.03. The Kier molecular flexibility index (Phi) is 2.11. The van der Waals surface area contributed by atoms with Crippen LogP contribution in [0.3, 0.4) is 0 Å². The predicted molar refractivity (Wildman–Crippen MR) is 59.7 cm³/mol. The van der Waals surface area contributed by atoms with E-state index in [0.29, 0.717) is 0 Å². The second-order valence-corrected chi connectivity index (χ2v) is 3.12. The van der Waals surface area contributed by atoms with Crippen LogP contribution >= 0.6 is 0 Å². The molecule has 0 aromatic heterocycles. The van der Waals surface area contributed by atoms with Gasteiger partial charge in [0, 0.05) is 18.0 Å². The van der Waals surface area contributed by atoms with Gasteiger partial charge in [-0.2, -0.15) is 0 Å². The summed E-state index contributed by atoms with van der Waals surface area (Å²) in [6.45, 7) is 0. The molecule has 0 aliphatic carbocycles. The Morgan fingerprint density at radius 3 is 2.43 bits per heavy atom. The van der Waals surface area contributed by atoms with Crippen LogP contribution in [0, 0.1) is 10.8 Å². The maximum absolute atomic E-state index is 7.30. The van der Waals surface area contributed by atoms with E-state index in [1.807, 2.05) is 36.4 Å². The molecule has 0 aliphatic heterocycles. The van der Waals surface area contributed by atoms with Crippen LogP contribution in [0.25, 0.3) is 10.8 Å². The first-order valence-corrected chi connectivity index (χ1v) is 4.39. The summed E-state index contributed by atoms with van der Waals surface area (Å²) < 4.78 is 0. The molecule has 0 atom stereocenters. The summed E-state index contributed by atoms with van der Waals surface area (Å²) in [5, 5.41) is 16.6. The number of hydrogen-bond donors (Lipinski definition) is 2. The first kappa shape index (κ1) is 8.63. The molecule has 2 nitrogen and oxygen atoms in total. The number of rotatable bonds is 2. The third-order valence-electron chi connectivity index (χ3n) is 2.24. The molecule has 2 rings (SSSR count). The molecule has 0 aliphatic rings. The number of nitrogens with one attached hydrogen (secondary N) is 2. The monoisotopic (exact) mass is 182 g/mol. The quantitative estimate of drug-likeness (QED) is 0.671. The van der Waals surface area contributed by atoms with Gasteiger partial charge < -0.3 is 10.8 Å². The Morgan fingerprint density at radius 2 is 1.71 bits per heavy atom. The summed E-state index contributed by atoms with van der Waals surface area (Å²) in [6, 6.07) is 11.7. The molecule has 0 spiro atoms. The average molecular weight is 182 g/mol. The molecular weight excluding hydrogens is 172 g/mol. The molecule has 2 aromatic rings. The van der Waals surface area contributed by atoms with E-state index in [9.17, 15) is 0 Å². The highest BCUT2D eigenvalue weighted by atomic mass is 14.3. The molecule has 68 valence electrons. The van der Waals surface area contributed by atoms with Crippen molar-refractivity contribution in [2.24, 2.45) is 0 Å². The van der Waals surface area contributed by atoms with E-state index in [1.54, 1.807) is 0 Å². The summed E-state index contributed by atoms with van der Waals surface area (Å²) in [7, 11) is 0. The third kappa shape index (κ3) is 1.31. The minimum Gasteiger partial charge on any atom is -0.308 e. The highest BCUT2D eigenvalue weighted by Crippen LogP contribution is 2.18. The Bertz CT molecular complexity index is 501. The van der Waals surface area contributed by atoms with Gasteiger partial charge in [0.2, 0.25) is 0 Å². The number of benzene rings is 2. The number of hydrogen-bond acceptors (Lipinski definition) is 2. The van der Waals surface area contributed by atoms with Crippen molar-refractivity contribution in [1.82, 2.24) is 0 Å². The molecule has 0 amide bonds. The predicted octanol–water partition coefficient (Wildman–Crippen LogP) is 2.84. The summed E-state index contributed by atoms with van der Waals surface area (Å²) in [6.07, 6.45) is 2.63. The largest absolute Gasteiger partial charge is 0.308 e. The normalized spacial score (nSPS) is 10.0. The molecule has 0 radical (unpaired) electrons. The van der Waals surface area contributed by atoms with Crippen LogP contribution in [0.5, 0.6) is 0 Å².